The number of methoxy groups -OCH3 is 1. The quantitative estimate of drug-likeness (QED) is 0.482. The molecule has 0 radical (unpaired) electrons. The number of benzene rings is 1. The number of hydrogen-bond acceptors (Lipinski definition) is 4. The minimum absolute atomic E-state index is 0.358. The summed E-state index contributed by atoms with van der Waals surface area (Å²) in [5.74, 6) is 0.474. The van der Waals surface area contributed by atoms with E-state index in [1.165, 1.54) is 32.1 Å². The first kappa shape index (κ1) is 21.9. The zero-order valence-electron chi connectivity index (χ0n) is 18.7. The molecule has 6 heteroatoms. The summed E-state index contributed by atoms with van der Waals surface area (Å²) in [5, 5.41) is 0.772. The number of carbonyl (C=O) groups excluding carboxylic acids is 2. The van der Waals surface area contributed by atoms with E-state index in [4.69, 9.17) is 4.74 Å². The number of nitrogens with one attached hydrogen (secondary N) is 1. The van der Waals surface area contributed by atoms with Gasteiger partial charge in [0.05, 0.1) is 12.7 Å². The summed E-state index contributed by atoms with van der Waals surface area (Å²) in [7, 11) is 1.62. The van der Waals surface area contributed by atoms with E-state index in [0.717, 1.165) is 55.5 Å². The maximum Gasteiger partial charge on any atom is 0.295 e. The second-order valence-corrected chi connectivity index (χ2v) is 9.10. The van der Waals surface area contributed by atoms with Crippen molar-refractivity contribution >= 4 is 22.6 Å². The number of ether oxygens (including phenoxy) is 1. The van der Waals surface area contributed by atoms with E-state index in [1.54, 1.807) is 13.3 Å². The fourth-order valence-corrected chi connectivity index (χ4v) is 5.13. The van der Waals surface area contributed by atoms with Crippen molar-refractivity contribution in [2.45, 2.75) is 51.4 Å². The van der Waals surface area contributed by atoms with Crippen molar-refractivity contribution in [1.29, 1.82) is 0 Å². The van der Waals surface area contributed by atoms with Crippen molar-refractivity contribution < 1.29 is 14.3 Å². The number of H-pyrrole nitrogens is 1. The van der Waals surface area contributed by atoms with Gasteiger partial charge in [0.2, 0.25) is 0 Å². The Labute approximate surface area is 184 Å². The van der Waals surface area contributed by atoms with Gasteiger partial charge >= 0.3 is 0 Å². The minimum atomic E-state index is -0.409. The predicted octanol–water partition coefficient (Wildman–Crippen LogP) is 4.25. The molecule has 168 valence electrons. The van der Waals surface area contributed by atoms with Crippen LogP contribution in [0.25, 0.3) is 10.9 Å². The molecule has 1 aliphatic heterocycles. The molecular formula is C25H35N3O3. The van der Waals surface area contributed by atoms with Crippen LogP contribution in [0.15, 0.2) is 24.4 Å². The van der Waals surface area contributed by atoms with Crippen LogP contribution >= 0.6 is 0 Å². The maximum absolute atomic E-state index is 13.3. The van der Waals surface area contributed by atoms with Gasteiger partial charge < -0.3 is 19.5 Å². The van der Waals surface area contributed by atoms with Gasteiger partial charge in [-0.1, -0.05) is 19.3 Å². The average Bonchev–Trinajstić information content (AvgIpc) is 3.47. The van der Waals surface area contributed by atoms with Gasteiger partial charge in [-0.15, -0.1) is 0 Å². The Bertz CT molecular complexity index is 895. The third-order valence-corrected chi connectivity index (χ3v) is 6.92. The van der Waals surface area contributed by atoms with E-state index in [-0.39, 0.29) is 5.91 Å². The first-order chi connectivity index (χ1) is 15.2. The van der Waals surface area contributed by atoms with Gasteiger partial charge in [-0.25, -0.2) is 0 Å². The number of Topliss-reactive ketones (excluding diaryl/α,β-unsaturated/α-hetero) is 1. The fourth-order valence-electron chi connectivity index (χ4n) is 5.13. The number of nitrogens with zero attached hydrogens (tertiary/aromatic N) is 2. The van der Waals surface area contributed by atoms with E-state index >= 15 is 0 Å². The van der Waals surface area contributed by atoms with E-state index in [2.05, 4.69) is 9.88 Å². The molecule has 1 saturated carbocycles. The van der Waals surface area contributed by atoms with Crippen LogP contribution in [0.3, 0.4) is 0 Å². The fraction of sp³-hybridized carbons (Fsp3) is 0.600. The molecule has 4 rings (SSSR count). The van der Waals surface area contributed by atoms with E-state index in [1.807, 2.05) is 23.1 Å². The van der Waals surface area contributed by atoms with Crippen LogP contribution in [-0.2, 0) is 4.79 Å². The van der Waals surface area contributed by atoms with Crippen molar-refractivity contribution in [2.24, 2.45) is 5.92 Å². The molecule has 2 fully saturated rings. The van der Waals surface area contributed by atoms with E-state index < -0.39 is 5.78 Å². The molecule has 1 N–H and O–H groups in total. The smallest absolute Gasteiger partial charge is 0.295 e. The molecule has 0 bridgehead atoms. The lowest BCUT2D eigenvalue weighted by molar-refractivity contribution is -0.127. The molecule has 0 spiro atoms. The van der Waals surface area contributed by atoms with Gasteiger partial charge in [0.25, 0.3) is 11.7 Å². The highest BCUT2D eigenvalue weighted by Crippen LogP contribution is 2.26. The highest BCUT2D eigenvalue weighted by molar-refractivity contribution is 6.44. The van der Waals surface area contributed by atoms with Crippen molar-refractivity contribution in [1.82, 2.24) is 14.8 Å². The molecule has 1 aromatic carbocycles. The summed E-state index contributed by atoms with van der Waals surface area (Å²) in [6, 6.07) is 5.53. The van der Waals surface area contributed by atoms with Gasteiger partial charge in [0.1, 0.15) is 5.75 Å². The third kappa shape index (κ3) is 5.29. The molecular weight excluding hydrogens is 390 g/mol. The largest absolute Gasteiger partial charge is 0.497 e. The molecule has 0 atom stereocenters. The van der Waals surface area contributed by atoms with Crippen molar-refractivity contribution in [2.75, 3.05) is 39.8 Å². The van der Waals surface area contributed by atoms with Gasteiger partial charge in [-0.2, -0.15) is 0 Å². The second-order valence-electron chi connectivity index (χ2n) is 9.10. The Morgan fingerprint density at radius 2 is 1.90 bits per heavy atom. The van der Waals surface area contributed by atoms with Gasteiger partial charge in [0, 0.05) is 36.3 Å². The second kappa shape index (κ2) is 10.3. The lowest BCUT2D eigenvalue weighted by Crippen LogP contribution is -2.41. The molecule has 31 heavy (non-hydrogen) atoms. The molecule has 6 nitrogen and oxygen atoms in total. The molecule has 1 saturated heterocycles. The monoisotopic (exact) mass is 425 g/mol. The highest BCUT2D eigenvalue weighted by atomic mass is 16.5. The Kier molecular flexibility index (Phi) is 7.28. The highest BCUT2D eigenvalue weighted by Gasteiger charge is 2.28. The zero-order valence-corrected chi connectivity index (χ0v) is 18.7. The maximum atomic E-state index is 13.3. The Morgan fingerprint density at radius 1 is 1.13 bits per heavy atom. The van der Waals surface area contributed by atoms with Gasteiger partial charge in [-0.3, -0.25) is 9.59 Å². The zero-order chi connectivity index (χ0) is 21.6. The first-order valence-corrected chi connectivity index (χ1v) is 11.9. The van der Waals surface area contributed by atoms with Crippen molar-refractivity contribution in [3.63, 3.8) is 0 Å². The SMILES string of the molecule is COc1ccc2c(C(=O)C(=O)N(CCCN3CCCC3)CC3CCCCC3)c[nH]c2c1. The summed E-state index contributed by atoms with van der Waals surface area (Å²) < 4.78 is 5.26. The average molecular weight is 426 g/mol. The summed E-state index contributed by atoms with van der Waals surface area (Å²) in [5.41, 5.74) is 1.26. The normalized spacial score (nSPS) is 17.8. The van der Waals surface area contributed by atoms with Crippen LogP contribution < -0.4 is 4.74 Å². The Morgan fingerprint density at radius 3 is 2.65 bits per heavy atom. The van der Waals surface area contributed by atoms with Crippen LogP contribution in [0.1, 0.15) is 61.7 Å². The topological polar surface area (TPSA) is 65.6 Å². The lowest BCUT2D eigenvalue weighted by Gasteiger charge is -2.30. The van der Waals surface area contributed by atoms with Crippen LogP contribution in [0.5, 0.6) is 5.75 Å². The van der Waals surface area contributed by atoms with E-state index in [0.29, 0.717) is 24.6 Å². The predicted molar refractivity (Wildman–Crippen MR) is 123 cm³/mol. The molecule has 2 aromatic rings. The number of aromatic amines is 1. The summed E-state index contributed by atoms with van der Waals surface area (Å²) in [4.78, 5) is 34.0. The number of hydrogen-bond donors (Lipinski definition) is 1. The van der Waals surface area contributed by atoms with Crippen molar-refractivity contribution in [3.8, 4) is 5.75 Å². The number of rotatable bonds is 9. The number of amides is 1. The van der Waals surface area contributed by atoms with Crippen LogP contribution in [-0.4, -0.2) is 66.3 Å². The van der Waals surface area contributed by atoms with Crippen LogP contribution in [0.4, 0.5) is 0 Å². The molecule has 1 aliphatic carbocycles. The molecule has 1 aromatic heterocycles. The number of carbonyl (C=O) groups is 2. The summed E-state index contributed by atoms with van der Waals surface area (Å²) >= 11 is 0. The van der Waals surface area contributed by atoms with Crippen molar-refractivity contribution in [3.05, 3.63) is 30.0 Å². The number of ketones is 1. The Balaban J connectivity index is 1.47. The van der Waals surface area contributed by atoms with Crippen LogP contribution in [0.2, 0.25) is 0 Å². The number of fused-ring (bicyclic) bond motifs is 1. The number of likely N-dealkylation sites (tertiary alicyclic amines) is 1. The van der Waals surface area contributed by atoms with E-state index in [9.17, 15) is 9.59 Å². The summed E-state index contributed by atoms with van der Waals surface area (Å²) in [6.07, 6.45) is 11.2. The lowest BCUT2D eigenvalue weighted by atomic mass is 9.88. The minimum Gasteiger partial charge on any atom is -0.497 e. The standard InChI is InChI=1S/C25H35N3O3/c1-31-20-10-11-21-22(17-26-23(21)16-20)24(29)25(30)28(18-19-8-3-2-4-9-19)15-7-14-27-12-5-6-13-27/h10-11,16-17,19,26H,2-9,12-15,18H2,1H3. The molecule has 0 unspecified atom stereocenters. The third-order valence-electron chi connectivity index (χ3n) is 6.92. The molecule has 2 heterocycles. The summed E-state index contributed by atoms with van der Waals surface area (Å²) in [6.45, 7) is 4.70. The van der Waals surface area contributed by atoms with Gasteiger partial charge in [-0.05, 0) is 69.8 Å². The number of aromatic nitrogens is 1. The van der Waals surface area contributed by atoms with Crippen LogP contribution in [0, 0.1) is 5.92 Å². The first-order valence-electron chi connectivity index (χ1n) is 11.9. The molecule has 1 amide bonds. The molecule has 2 aliphatic rings. The van der Waals surface area contributed by atoms with Gasteiger partial charge in [0.15, 0.2) is 0 Å². The Hall–Kier alpha value is -2.34.